The molecule has 0 amide bonds. The van der Waals surface area contributed by atoms with Crippen LogP contribution in [0.2, 0.25) is 5.02 Å². The summed E-state index contributed by atoms with van der Waals surface area (Å²) in [5.41, 5.74) is 6.20. The van der Waals surface area contributed by atoms with E-state index in [-0.39, 0.29) is 10.6 Å². The van der Waals surface area contributed by atoms with Crippen molar-refractivity contribution in [1.82, 2.24) is 0 Å². The predicted molar refractivity (Wildman–Crippen MR) is 97.0 cm³/mol. The first-order chi connectivity index (χ1) is 11.6. The standard InChI is InChI=1S/C20H12ClNO2/c21-14-7-5-13(6-8-14)11-19-17-4-2-1-3-16(17)18-10-9-15(22(23)24)12-20(18)19/h1-12H/b19-11+. The summed E-state index contributed by atoms with van der Waals surface area (Å²) in [7, 11) is 0. The van der Waals surface area contributed by atoms with Gasteiger partial charge >= 0.3 is 0 Å². The first-order valence-corrected chi connectivity index (χ1v) is 7.87. The van der Waals surface area contributed by atoms with Crippen LogP contribution in [0.4, 0.5) is 5.69 Å². The molecule has 0 atom stereocenters. The van der Waals surface area contributed by atoms with Gasteiger partial charge < -0.3 is 0 Å². The van der Waals surface area contributed by atoms with Crippen molar-refractivity contribution in [2.45, 2.75) is 0 Å². The fraction of sp³-hybridized carbons (Fsp3) is 0. The van der Waals surface area contributed by atoms with Crippen LogP contribution in [0.5, 0.6) is 0 Å². The summed E-state index contributed by atoms with van der Waals surface area (Å²) in [5, 5.41) is 11.8. The van der Waals surface area contributed by atoms with E-state index in [1.165, 1.54) is 0 Å². The van der Waals surface area contributed by atoms with Crippen LogP contribution in [0.3, 0.4) is 0 Å². The molecule has 0 unspecified atom stereocenters. The second-order valence-corrected chi connectivity index (χ2v) is 6.08. The number of nitrogens with zero attached hydrogens (tertiary/aromatic N) is 1. The Bertz CT molecular complexity index is 991. The van der Waals surface area contributed by atoms with Crippen molar-refractivity contribution in [3.05, 3.63) is 98.6 Å². The first-order valence-electron chi connectivity index (χ1n) is 7.49. The molecule has 116 valence electrons. The molecule has 0 aromatic heterocycles. The van der Waals surface area contributed by atoms with E-state index in [4.69, 9.17) is 11.6 Å². The van der Waals surface area contributed by atoms with Crippen LogP contribution in [-0.4, -0.2) is 4.92 Å². The van der Waals surface area contributed by atoms with E-state index in [9.17, 15) is 10.1 Å². The van der Waals surface area contributed by atoms with E-state index < -0.39 is 0 Å². The highest BCUT2D eigenvalue weighted by Crippen LogP contribution is 2.46. The number of nitro groups is 1. The number of hydrogen-bond acceptors (Lipinski definition) is 2. The van der Waals surface area contributed by atoms with Gasteiger partial charge in [0.25, 0.3) is 5.69 Å². The van der Waals surface area contributed by atoms with Crippen molar-refractivity contribution in [1.29, 1.82) is 0 Å². The number of hydrogen-bond donors (Lipinski definition) is 0. The van der Waals surface area contributed by atoms with Crippen molar-refractivity contribution in [3.8, 4) is 11.1 Å². The van der Waals surface area contributed by atoms with Gasteiger partial charge in [-0.3, -0.25) is 10.1 Å². The Balaban J connectivity index is 1.95. The molecular weight excluding hydrogens is 322 g/mol. The number of non-ortho nitro benzene ring substituents is 1. The highest BCUT2D eigenvalue weighted by Gasteiger charge is 2.25. The molecule has 0 heterocycles. The van der Waals surface area contributed by atoms with Crippen molar-refractivity contribution in [3.63, 3.8) is 0 Å². The Labute approximate surface area is 144 Å². The van der Waals surface area contributed by atoms with Crippen LogP contribution < -0.4 is 0 Å². The molecule has 0 N–H and O–H groups in total. The molecule has 0 saturated heterocycles. The maximum absolute atomic E-state index is 11.1. The van der Waals surface area contributed by atoms with E-state index in [2.05, 4.69) is 0 Å². The van der Waals surface area contributed by atoms with Crippen molar-refractivity contribution in [2.75, 3.05) is 0 Å². The monoisotopic (exact) mass is 333 g/mol. The van der Waals surface area contributed by atoms with E-state index in [0.717, 1.165) is 33.4 Å². The molecular formula is C20H12ClNO2. The normalized spacial score (nSPS) is 13.6. The molecule has 0 saturated carbocycles. The van der Waals surface area contributed by atoms with E-state index >= 15 is 0 Å². The zero-order chi connectivity index (χ0) is 16.7. The summed E-state index contributed by atoms with van der Waals surface area (Å²) >= 11 is 5.95. The molecule has 0 spiro atoms. The van der Waals surface area contributed by atoms with Gasteiger partial charge in [0.15, 0.2) is 0 Å². The van der Waals surface area contributed by atoms with Crippen LogP contribution >= 0.6 is 11.6 Å². The van der Waals surface area contributed by atoms with Crippen LogP contribution in [0, 0.1) is 10.1 Å². The lowest BCUT2D eigenvalue weighted by Gasteiger charge is -2.03. The van der Waals surface area contributed by atoms with Gasteiger partial charge in [-0.1, -0.05) is 48.0 Å². The summed E-state index contributed by atoms with van der Waals surface area (Å²) in [4.78, 5) is 10.8. The molecule has 3 aromatic rings. The van der Waals surface area contributed by atoms with Gasteiger partial charge in [-0.05, 0) is 57.7 Å². The molecule has 1 aliphatic rings. The minimum Gasteiger partial charge on any atom is -0.258 e. The Morgan fingerprint density at radius 1 is 0.833 bits per heavy atom. The highest BCUT2D eigenvalue weighted by atomic mass is 35.5. The minimum absolute atomic E-state index is 0.101. The van der Waals surface area contributed by atoms with Gasteiger partial charge in [0.05, 0.1) is 4.92 Å². The topological polar surface area (TPSA) is 43.1 Å². The quantitative estimate of drug-likeness (QED) is 0.343. The second kappa shape index (κ2) is 5.62. The van der Waals surface area contributed by atoms with Gasteiger partial charge in [-0.25, -0.2) is 0 Å². The predicted octanol–water partition coefficient (Wildman–Crippen LogP) is 5.82. The van der Waals surface area contributed by atoms with E-state index in [1.807, 2.05) is 60.7 Å². The molecule has 4 heteroatoms. The van der Waals surface area contributed by atoms with Gasteiger partial charge in [0.1, 0.15) is 0 Å². The lowest BCUT2D eigenvalue weighted by atomic mass is 10.0. The van der Waals surface area contributed by atoms with E-state index in [0.29, 0.717) is 5.02 Å². The van der Waals surface area contributed by atoms with Crippen LogP contribution in [-0.2, 0) is 0 Å². The number of benzene rings is 3. The molecule has 0 radical (unpaired) electrons. The molecule has 3 nitrogen and oxygen atoms in total. The third-order valence-corrected chi connectivity index (χ3v) is 4.44. The largest absolute Gasteiger partial charge is 0.270 e. The highest BCUT2D eigenvalue weighted by molar-refractivity contribution is 6.30. The average Bonchev–Trinajstić information content (AvgIpc) is 2.90. The summed E-state index contributed by atoms with van der Waals surface area (Å²) < 4.78 is 0. The summed E-state index contributed by atoms with van der Waals surface area (Å²) in [5.74, 6) is 0. The Morgan fingerprint density at radius 3 is 2.21 bits per heavy atom. The van der Waals surface area contributed by atoms with Crippen LogP contribution in [0.25, 0.3) is 22.8 Å². The maximum Gasteiger partial charge on any atom is 0.270 e. The maximum atomic E-state index is 11.1. The van der Waals surface area contributed by atoms with Crippen LogP contribution in [0.1, 0.15) is 16.7 Å². The summed E-state index contributed by atoms with van der Waals surface area (Å²) in [6, 6.07) is 20.6. The summed E-state index contributed by atoms with van der Waals surface area (Å²) in [6.45, 7) is 0. The van der Waals surface area contributed by atoms with Crippen LogP contribution in [0.15, 0.2) is 66.7 Å². The summed E-state index contributed by atoms with van der Waals surface area (Å²) in [6.07, 6.45) is 2.05. The lowest BCUT2D eigenvalue weighted by Crippen LogP contribution is -1.89. The van der Waals surface area contributed by atoms with Gasteiger partial charge in [0.2, 0.25) is 0 Å². The molecule has 24 heavy (non-hydrogen) atoms. The zero-order valence-corrected chi connectivity index (χ0v) is 13.3. The molecule has 4 rings (SSSR count). The van der Waals surface area contributed by atoms with Gasteiger partial charge in [-0.15, -0.1) is 0 Å². The van der Waals surface area contributed by atoms with Crippen molar-refractivity contribution < 1.29 is 4.92 Å². The van der Waals surface area contributed by atoms with Gasteiger partial charge in [0, 0.05) is 17.2 Å². The Hall–Kier alpha value is -2.91. The van der Waals surface area contributed by atoms with Gasteiger partial charge in [-0.2, -0.15) is 0 Å². The Morgan fingerprint density at radius 2 is 1.50 bits per heavy atom. The first kappa shape index (κ1) is 14.7. The third-order valence-electron chi connectivity index (χ3n) is 4.19. The molecule has 0 bridgehead atoms. The number of fused-ring (bicyclic) bond motifs is 3. The fourth-order valence-electron chi connectivity index (χ4n) is 3.08. The lowest BCUT2D eigenvalue weighted by molar-refractivity contribution is -0.384. The second-order valence-electron chi connectivity index (χ2n) is 5.64. The van der Waals surface area contributed by atoms with Crippen molar-refractivity contribution >= 4 is 28.9 Å². The number of rotatable bonds is 2. The van der Waals surface area contributed by atoms with Crippen molar-refractivity contribution in [2.24, 2.45) is 0 Å². The average molecular weight is 334 g/mol. The molecule has 0 fully saturated rings. The smallest absolute Gasteiger partial charge is 0.258 e. The third kappa shape index (κ3) is 2.39. The minimum atomic E-state index is -0.358. The van der Waals surface area contributed by atoms with E-state index in [1.54, 1.807) is 12.1 Å². The molecule has 0 aliphatic heterocycles. The fourth-order valence-corrected chi connectivity index (χ4v) is 3.21. The number of halogens is 1. The zero-order valence-electron chi connectivity index (χ0n) is 12.6. The SMILES string of the molecule is O=[N+]([O-])c1ccc2c(c1)/C(=C/c1ccc(Cl)cc1)c1ccccc1-2. The number of nitro benzene ring substituents is 1. The molecule has 3 aromatic carbocycles. The Kier molecular flexibility index (Phi) is 3.44. The molecule has 1 aliphatic carbocycles.